The average molecular weight is 653 g/mol. The summed E-state index contributed by atoms with van der Waals surface area (Å²) in [5.41, 5.74) is 0. The van der Waals surface area contributed by atoms with Gasteiger partial charge in [-0.2, -0.15) is 0 Å². The minimum Gasteiger partial charge on any atom is -0.462 e. The van der Waals surface area contributed by atoms with E-state index in [9.17, 15) is 14.7 Å². The van der Waals surface area contributed by atoms with Crippen LogP contribution in [-0.4, -0.2) is 36.4 Å². The number of carbonyl (C=O) groups excluding carboxylic acids is 2. The molecule has 0 aromatic carbocycles. The van der Waals surface area contributed by atoms with E-state index in [0.29, 0.717) is 12.8 Å². The largest absolute Gasteiger partial charge is 0.462 e. The molecule has 0 aliphatic heterocycles. The Bertz CT molecular complexity index is 622. The van der Waals surface area contributed by atoms with E-state index in [2.05, 4.69) is 13.8 Å². The molecule has 0 spiro atoms. The van der Waals surface area contributed by atoms with Crippen molar-refractivity contribution in [3.63, 3.8) is 0 Å². The Morgan fingerprint density at radius 1 is 0.413 bits per heavy atom. The Hall–Kier alpha value is -1.10. The second-order valence-electron chi connectivity index (χ2n) is 14.1. The van der Waals surface area contributed by atoms with E-state index < -0.39 is 6.10 Å². The summed E-state index contributed by atoms with van der Waals surface area (Å²) in [7, 11) is 0. The Morgan fingerprint density at radius 2 is 0.674 bits per heavy atom. The maximum Gasteiger partial charge on any atom is 0.306 e. The summed E-state index contributed by atoms with van der Waals surface area (Å²) in [5, 5.41) is 9.55. The molecule has 46 heavy (non-hydrogen) atoms. The molecule has 0 rings (SSSR count). The molecule has 0 radical (unpaired) electrons. The number of carbonyl (C=O) groups is 2. The van der Waals surface area contributed by atoms with Crippen LogP contribution in [0.4, 0.5) is 0 Å². The molecule has 274 valence electrons. The molecule has 0 saturated carbocycles. The molecule has 0 fully saturated rings. The molecule has 0 aromatic heterocycles. The van der Waals surface area contributed by atoms with Crippen molar-refractivity contribution in [3.8, 4) is 0 Å². The van der Waals surface area contributed by atoms with Gasteiger partial charge in [0.25, 0.3) is 0 Å². The van der Waals surface area contributed by atoms with E-state index in [1.807, 2.05) is 0 Å². The molecule has 0 unspecified atom stereocenters. The van der Waals surface area contributed by atoms with E-state index in [-0.39, 0.29) is 25.2 Å². The maximum absolute atomic E-state index is 12.2. The Kier molecular flexibility index (Phi) is 37.4. The molecule has 0 aromatic rings. The van der Waals surface area contributed by atoms with E-state index in [4.69, 9.17) is 9.47 Å². The number of hydrogen-bond donors (Lipinski definition) is 1. The Morgan fingerprint density at radius 3 is 0.957 bits per heavy atom. The minimum absolute atomic E-state index is 0.0570. The van der Waals surface area contributed by atoms with Gasteiger partial charge < -0.3 is 14.6 Å². The summed E-state index contributed by atoms with van der Waals surface area (Å²) < 4.78 is 10.6. The summed E-state index contributed by atoms with van der Waals surface area (Å²) in [6.07, 6.45) is 41.7. The number of aliphatic hydroxyl groups excluding tert-OH is 1. The maximum atomic E-state index is 12.2. The lowest BCUT2D eigenvalue weighted by molar-refractivity contribution is -0.161. The molecular weight excluding hydrogens is 572 g/mol. The Balaban J connectivity index is 3.46. The first-order valence-corrected chi connectivity index (χ1v) is 20.6. The first-order valence-electron chi connectivity index (χ1n) is 20.6. The van der Waals surface area contributed by atoms with Crippen LogP contribution in [0.25, 0.3) is 0 Å². The highest BCUT2D eigenvalue weighted by molar-refractivity contribution is 5.70. The lowest BCUT2D eigenvalue weighted by Crippen LogP contribution is -2.28. The van der Waals surface area contributed by atoms with Crippen molar-refractivity contribution >= 4 is 11.9 Å². The average Bonchev–Trinajstić information content (AvgIpc) is 3.06. The molecule has 0 aliphatic rings. The second kappa shape index (κ2) is 38.3. The smallest absolute Gasteiger partial charge is 0.306 e. The number of unbranched alkanes of at least 4 members (excludes halogenated alkanes) is 30. The summed E-state index contributed by atoms with van der Waals surface area (Å²) in [6, 6.07) is 0. The van der Waals surface area contributed by atoms with E-state index >= 15 is 0 Å². The van der Waals surface area contributed by atoms with Gasteiger partial charge in [0.05, 0.1) is 6.61 Å². The third-order valence-corrected chi connectivity index (χ3v) is 9.40. The fourth-order valence-electron chi connectivity index (χ4n) is 6.26. The van der Waals surface area contributed by atoms with Gasteiger partial charge in [-0.3, -0.25) is 9.59 Å². The standard InChI is InChI=1S/C41H80O5/c1-3-5-7-9-11-13-15-17-18-19-20-21-22-23-24-26-28-30-32-34-36-41(44)46-39(37-42)38-45-40(43)35-33-31-29-27-25-16-14-12-10-8-6-4-2/h39,42H,3-38H2,1-2H3/t39-/m0/s1. The summed E-state index contributed by atoms with van der Waals surface area (Å²) >= 11 is 0. The van der Waals surface area contributed by atoms with Crippen LogP contribution in [0, 0.1) is 0 Å². The molecule has 5 nitrogen and oxygen atoms in total. The third kappa shape index (κ3) is 35.7. The molecule has 0 aliphatic carbocycles. The van der Waals surface area contributed by atoms with Gasteiger partial charge in [-0.1, -0.05) is 206 Å². The van der Waals surface area contributed by atoms with Gasteiger partial charge in [0.2, 0.25) is 0 Å². The molecule has 0 amide bonds. The van der Waals surface area contributed by atoms with Gasteiger partial charge in [0, 0.05) is 12.8 Å². The van der Waals surface area contributed by atoms with Crippen LogP contribution in [0.5, 0.6) is 0 Å². The lowest BCUT2D eigenvalue weighted by Gasteiger charge is -2.15. The van der Waals surface area contributed by atoms with E-state index in [1.54, 1.807) is 0 Å². The van der Waals surface area contributed by atoms with E-state index in [0.717, 1.165) is 32.1 Å². The van der Waals surface area contributed by atoms with Crippen LogP contribution in [-0.2, 0) is 19.1 Å². The van der Waals surface area contributed by atoms with Crippen molar-refractivity contribution < 1.29 is 24.2 Å². The second-order valence-corrected chi connectivity index (χ2v) is 14.1. The van der Waals surface area contributed by atoms with Crippen molar-refractivity contribution in [2.45, 2.75) is 238 Å². The SMILES string of the molecule is CCCCCCCCCCCCCCCCCCCCCCC(=O)O[C@@H](CO)COC(=O)CCCCCCCCCCCCCC. The van der Waals surface area contributed by atoms with Crippen molar-refractivity contribution in [2.24, 2.45) is 0 Å². The fraction of sp³-hybridized carbons (Fsp3) is 0.951. The van der Waals surface area contributed by atoms with Gasteiger partial charge >= 0.3 is 11.9 Å². The Labute approximate surface area is 287 Å². The van der Waals surface area contributed by atoms with E-state index in [1.165, 1.54) is 173 Å². The fourth-order valence-corrected chi connectivity index (χ4v) is 6.26. The number of ether oxygens (including phenoxy) is 2. The zero-order chi connectivity index (χ0) is 33.6. The van der Waals surface area contributed by atoms with Crippen LogP contribution < -0.4 is 0 Å². The highest BCUT2D eigenvalue weighted by Gasteiger charge is 2.16. The zero-order valence-electron chi connectivity index (χ0n) is 31.1. The minimum atomic E-state index is -0.761. The van der Waals surface area contributed by atoms with Crippen molar-refractivity contribution in [2.75, 3.05) is 13.2 Å². The van der Waals surface area contributed by atoms with Crippen molar-refractivity contribution in [1.82, 2.24) is 0 Å². The lowest BCUT2D eigenvalue weighted by atomic mass is 10.0. The summed E-state index contributed by atoms with van der Waals surface area (Å²) in [4.78, 5) is 24.2. The normalized spacial score (nSPS) is 12.0. The van der Waals surface area contributed by atoms with Crippen molar-refractivity contribution in [3.05, 3.63) is 0 Å². The number of rotatable bonds is 38. The molecule has 1 N–H and O–H groups in total. The molecule has 5 heteroatoms. The van der Waals surface area contributed by atoms with Gasteiger partial charge in [-0.15, -0.1) is 0 Å². The zero-order valence-corrected chi connectivity index (χ0v) is 31.1. The van der Waals surface area contributed by atoms with Crippen LogP contribution in [0.15, 0.2) is 0 Å². The predicted molar refractivity (Wildman–Crippen MR) is 196 cm³/mol. The van der Waals surface area contributed by atoms with Gasteiger partial charge in [0.1, 0.15) is 6.61 Å². The first kappa shape index (κ1) is 44.9. The highest BCUT2D eigenvalue weighted by Crippen LogP contribution is 2.16. The summed E-state index contributed by atoms with van der Waals surface area (Å²) in [5.74, 6) is -0.575. The molecule has 0 bridgehead atoms. The van der Waals surface area contributed by atoms with Crippen LogP contribution in [0.1, 0.15) is 232 Å². The van der Waals surface area contributed by atoms with Crippen LogP contribution in [0.2, 0.25) is 0 Å². The quantitative estimate of drug-likeness (QED) is 0.0531. The van der Waals surface area contributed by atoms with Gasteiger partial charge in [-0.25, -0.2) is 0 Å². The number of aliphatic hydroxyl groups is 1. The molecule has 1 atom stereocenters. The number of esters is 2. The highest BCUT2D eigenvalue weighted by atomic mass is 16.6. The van der Waals surface area contributed by atoms with Gasteiger partial charge in [0.15, 0.2) is 6.10 Å². The number of hydrogen-bond acceptors (Lipinski definition) is 5. The topological polar surface area (TPSA) is 72.8 Å². The first-order chi connectivity index (χ1) is 22.6. The monoisotopic (exact) mass is 653 g/mol. The predicted octanol–water partition coefficient (Wildman–Crippen LogP) is 12.7. The van der Waals surface area contributed by atoms with Crippen LogP contribution >= 0.6 is 0 Å². The molecule has 0 heterocycles. The van der Waals surface area contributed by atoms with Gasteiger partial charge in [-0.05, 0) is 12.8 Å². The molecular formula is C41H80O5. The van der Waals surface area contributed by atoms with Crippen molar-refractivity contribution in [1.29, 1.82) is 0 Å². The third-order valence-electron chi connectivity index (χ3n) is 9.40. The summed E-state index contributed by atoms with van der Waals surface area (Å²) in [6.45, 7) is 4.16. The van der Waals surface area contributed by atoms with Crippen LogP contribution in [0.3, 0.4) is 0 Å². The molecule has 0 saturated heterocycles.